The Morgan fingerprint density at radius 2 is 1.95 bits per heavy atom. The fourth-order valence-corrected chi connectivity index (χ4v) is 3.62. The number of halogens is 2. The highest BCUT2D eigenvalue weighted by Gasteiger charge is 2.52. The SMILES string of the molecule is O=C1CC2(CCCC2)C(=O)N1Cc1ccc(Br)cc1F. The van der Waals surface area contributed by atoms with Crippen molar-refractivity contribution < 1.29 is 14.0 Å². The summed E-state index contributed by atoms with van der Waals surface area (Å²) in [6.45, 7) is 0.0402. The second-order valence-electron chi connectivity index (χ2n) is 5.68. The minimum absolute atomic E-state index is 0.0402. The summed E-state index contributed by atoms with van der Waals surface area (Å²) < 4.78 is 14.5. The Labute approximate surface area is 125 Å². The predicted molar refractivity (Wildman–Crippen MR) is 75.2 cm³/mol. The lowest BCUT2D eigenvalue weighted by molar-refractivity contribution is -0.142. The van der Waals surface area contributed by atoms with Gasteiger partial charge in [-0.15, -0.1) is 0 Å². The molecule has 0 bridgehead atoms. The lowest BCUT2D eigenvalue weighted by Gasteiger charge is -2.21. The first-order valence-electron chi connectivity index (χ1n) is 6.81. The Bertz CT molecular complexity index is 581. The molecule has 1 spiro atoms. The highest BCUT2D eigenvalue weighted by molar-refractivity contribution is 9.10. The van der Waals surface area contributed by atoms with Gasteiger partial charge in [0.25, 0.3) is 0 Å². The molecule has 1 saturated carbocycles. The maximum Gasteiger partial charge on any atom is 0.236 e. The van der Waals surface area contributed by atoms with Crippen LogP contribution >= 0.6 is 15.9 Å². The van der Waals surface area contributed by atoms with Crippen LogP contribution in [0.4, 0.5) is 4.39 Å². The number of carbonyl (C=O) groups excluding carboxylic acids is 2. The van der Waals surface area contributed by atoms with Crippen molar-refractivity contribution in [2.24, 2.45) is 5.41 Å². The maximum atomic E-state index is 13.8. The summed E-state index contributed by atoms with van der Waals surface area (Å²) in [4.78, 5) is 25.8. The van der Waals surface area contributed by atoms with Gasteiger partial charge in [-0.1, -0.05) is 34.8 Å². The normalized spacial score (nSPS) is 21.2. The summed E-state index contributed by atoms with van der Waals surface area (Å²) in [6, 6.07) is 4.68. The molecule has 0 radical (unpaired) electrons. The molecule has 0 unspecified atom stereocenters. The molecule has 0 N–H and O–H groups in total. The largest absolute Gasteiger partial charge is 0.278 e. The zero-order valence-electron chi connectivity index (χ0n) is 11.0. The Morgan fingerprint density at radius 3 is 2.60 bits per heavy atom. The van der Waals surface area contributed by atoms with Gasteiger partial charge in [0.15, 0.2) is 0 Å². The van der Waals surface area contributed by atoms with Crippen molar-refractivity contribution in [1.29, 1.82) is 0 Å². The highest BCUT2D eigenvalue weighted by atomic mass is 79.9. The van der Waals surface area contributed by atoms with E-state index in [4.69, 9.17) is 0 Å². The number of likely N-dealkylation sites (tertiary alicyclic amines) is 1. The third-order valence-corrected chi connectivity index (χ3v) is 4.89. The number of carbonyl (C=O) groups is 2. The van der Waals surface area contributed by atoms with Gasteiger partial charge in [-0.2, -0.15) is 0 Å². The monoisotopic (exact) mass is 339 g/mol. The van der Waals surface area contributed by atoms with Gasteiger partial charge >= 0.3 is 0 Å². The zero-order chi connectivity index (χ0) is 14.3. The molecule has 1 saturated heterocycles. The average molecular weight is 340 g/mol. The summed E-state index contributed by atoms with van der Waals surface area (Å²) in [5.74, 6) is -0.672. The van der Waals surface area contributed by atoms with E-state index < -0.39 is 11.2 Å². The third-order valence-electron chi connectivity index (χ3n) is 4.39. The lowest BCUT2D eigenvalue weighted by Crippen LogP contribution is -2.34. The van der Waals surface area contributed by atoms with Crippen LogP contribution in [0.15, 0.2) is 22.7 Å². The van der Waals surface area contributed by atoms with E-state index in [1.165, 1.54) is 11.0 Å². The zero-order valence-corrected chi connectivity index (χ0v) is 12.6. The topological polar surface area (TPSA) is 37.4 Å². The number of hydrogen-bond donors (Lipinski definition) is 0. The van der Waals surface area contributed by atoms with Crippen LogP contribution in [0.3, 0.4) is 0 Å². The van der Waals surface area contributed by atoms with Crippen LogP contribution < -0.4 is 0 Å². The van der Waals surface area contributed by atoms with Crippen LogP contribution in [0.2, 0.25) is 0 Å². The van der Waals surface area contributed by atoms with Crippen molar-refractivity contribution in [2.75, 3.05) is 0 Å². The second-order valence-corrected chi connectivity index (χ2v) is 6.60. The third kappa shape index (κ3) is 2.18. The molecule has 1 heterocycles. The average Bonchev–Trinajstić information content (AvgIpc) is 2.94. The Hall–Kier alpha value is -1.23. The van der Waals surface area contributed by atoms with Gasteiger partial charge in [-0.25, -0.2) is 4.39 Å². The van der Waals surface area contributed by atoms with Gasteiger partial charge in [0, 0.05) is 16.5 Å². The highest BCUT2D eigenvalue weighted by Crippen LogP contribution is 2.47. The van der Waals surface area contributed by atoms with E-state index in [1.54, 1.807) is 12.1 Å². The molecule has 1 aromatic carbocycles. The molecule has 5 heteroatoms. The first-order chi connectivity index (χ1) is 9.52. The molecule has 0 atom stereocenters. The quantitative estimate of drug-likeness (QED) is 0.774. The summed E-state index contributed by atoms with van der Waals surface area (Å²) in [5, 5.41) is 0. The van der Waals surface area contributed by atoms with Crippen LogP contribution in [0, 0.1) is 11.2 Å². The second kappa shape index (κ2) is 4.95. The Balaban J connectivity index is 1.84. The molecule has 3 rings (SSSR count). The van der Waals surface area contributed by atoms with Crippen molar-refractivity contribution in [2.45, 2.75) is 38.6 Å². The van der Waals surface area contributed by atoms with Crippen LogP contribution in [0.1, 0.15) is 37.7 Å². The summed E-state index contributed by atoms with van der Waals surface area (Å²) in [7, 11) is 0. The van der Waals surface area contributed by atoms with E-state index >= 15 is 0 Å². The van der Waals surface area contributed by atoms with E-state index in [-0.39, 0.29) is 18.4 Å². The number of amides is 2. The maximum absolute atomic E-state index is 13.8. The number of rotatable bonds is 2. The molecule has 1 aromatic rings. The van der Waals surface area contributed by atoms with Crippen molar-refractivity contribution >= 4 is 27.7 Å². The summed E-state index contributed by atoms with van der Waals surface area (Å²) in [5.41, 5.74) is -0.104. The molecule has 20 heavy (non-hydrogen) atoms. The molecule has 2 aliphatic rings. The van der Waals surface area contributed by atoms with E-state index in [0.717, 1.165) is 25.7 Å². The fraction of sp³-hybridized carbons (Fsp3) is 0.467. The van der Waals surface area contributed by atoms with Gasteiger partial charge in [0.1, 0.15) is 5.82 Å². The Morgan fingerprint density at radius 1 is 1.25 bits per heavy atom. The van der Waals surface area contributed by atoms with Gasteiger partial charge < -0.3 is 0 Å². The van der Waals surface area contributed by atoms with Gasteiger partial charge in [-0.05, 0) is 25.0 Å². The molecule has 3 nitrogen and oxygen atoms in total. The van der Waals surface area contributed by atoms with E-state index in [0.29, 0.717) is 16.5 Å². The van der Waals surface area contributed by atoms with E-state index in [9.17, 15) is 14.0 Å². The number of hydrogen-bond acceptors (Lipinski definition) is 2. The van der Waals surface area contributed by atoms with E-state index in [2.05, 4.69) is 15.9 Å². The minimum Gasteiger partial charge on any atom is -0.278 e. The number of benzene rings is 1. The molecule has 106 valence electrons. The molecule has 1 aliphatic heterocycles. The fourth-order valence-electron chi connectivity index (χ4n) is 3.28. The van der Waals surface area contributed by atoms with Crippen LogP contribution in [-0.4, -0.2) is 16.7 Å². The first kappa shape index (κ1) is 13.7. The molecule has 2 amide bonds. The number of imide groups is 1. The van der Waals surface area contributed by atoms with Gasteiger partial charge in [0.05, 0.1) is 12.0 Å². The van der Waals surface area contributed by atoms with Crippen LogP contribution in [-0.2, 0) is 16.1 Å². The van der Waals surface area contributed by atoms with Crippen molar-refractivity contribution in [3.8, 4) is 0 Å². The van der Waals surface area contributed by atoms with Crippen molar-refractivity contribution in [3.63, 3.8) is 0 Å². The summed E-state index contributed by atoms with van der Waals surface area (Å²) >= 11 is 3.19. The van der Waals surface area contributed by atoms with Crippen molar-refractivity contribution in [3.05, 3.63) is 34.1 Å². The van der Waals surface area contributed by atoms with Gasteiger partial charge in [0.2, 0.25) is 11.8 Å². The molecular formula is C15H15BrFNO2. The minimum atomic E-state index is -0.483. The molecule has 2 fully saturated rings. The van der Waals surface area contributed by atoms with Crippen molar-refractivity contribution in [1.82, 2.24) is 4.90 Å². The van der Waals surface area contributed by atoms with Crippen LogP contribution in [0.5, 0.6) is 0 Å². The van der Waals surface area contributed by atoms with E-state index in [1.807, 2.05) is 0 Å². The predicted octanol–water partition coefficient (Wildman–Crippen LogP) is 3.41. The van der Waals surface area contributed by atoms with Crippen LogP contribution in [0.25, 0.3) is 0 Å². The molecule has 0 aromatic heterocycles. The smallest absolute Gasteiger partial charge is 0.236 e. The summed E-state index contributed by atoms with van der Waals surface area (Å²) in [6.07, 6.45) is 3.87. The molecular weight excluding hydrogens is 325 g/mol. The number of nitrogens with zero attached hydrogens (tertiary/aromatic N) is 1. The molecule has 1 aliphatic carbocycles. The standard InChI is InChI=1S/C15H15BrFNO2/c16-11-4-3-10(12(17)7-11)9-18-13(19)8-15(14(18)20)5-1-2-6-15/h3-4,7H,1-2,5-6,8-9H2. The lowest BCUT2D eigenvalue weighted by atomic mass is 9.84. The first-order valence-corrected chi connectivity index (χ1v) is 7.60. The Kier molecular flexibility index (Phi) is 3.40. The van der Waals surface area contributed by atoms with Gasteiger partial charge in [-0.3, -0.25) is 14.5 Å².